The van der Waals surface area contributed by atoms with E-state index in [0.717, 1.165) is 12.0 Å². The lowest BCUT2D eigenvalue weighted by Crippen LogP contribution is -2.26. The van der Waals surface area contributed by atoms with Gasteiger partial charge in [-0.1, -0.05) is 31.3 Å². The molecule has 0 unspecified atom stereocenters. The molecule has 0 saturated carbocycles. The van der Waals surface area contributed by atoms with Crippen LogP contribution in [0.1, 0.15) is 12.5 Å². The van der Waals surface area contributed by atoms with E-state index in [9.17, 15) is 8.42 Å². The standard InChI is InChI=1S/C10H14N2O2S2/c1-2-8-4-3-5-9(6-8)12-16(13,14)7-10(11)15/h3-6,12H,2,7H2,1H3,(H2,11,15). The lowest BCUT2D eigenvalue weighted by atomic mass is 10.1. The Labute approximate surface area is 101 Å². The van der Waals surface area contributed by atoms with Crippen molar-refractivity contribution in [1.29, 1.82) is 0 Å². The van der Waals surface area contributed by atoms with E-state index >= 15 is 0 Å². The molecule has 0 heterocycles. The molecule has 0 saturated heterocycles. The Hall–Kier alpha value is -1.14. The molecule has 1 aromatic carbocycles. The fourth-order valence-corrected chi connectivity index (χ4v) is 2.66. The van der Waals surface area contributed by atoms with E-state index in [-0.39, 0.29) is 10.7 Å². The third-order valence-corrected chi connectivity index (χ3v) is 3.51. The van der Waals surface area contributed by atoms with E-state index in [0.29, 0.717) is 5.69 Å². The van der Waals surface area contributed by atoms with Crippen LogP contribution in [0.5, 0.6) is 0 Å². The van der Waals surface area contributed by atoms with Crippen LogP contribution in [0.2, 0.25) is 0 Å². The van der Waals surface area contributed by atoms with Gasteiger partial charge in [-0.05, 0) is 24.1 Å². The Balaban J connectivity index is 2.83. The Kier molecular flexibility index (Phi) is 4.26. The monoisotopic (exact) mass is 258 g/mol. The molecule has 0 aromatic heterocycles. The summed E-state index contributed by atoms with van der Waals surface area (Å²) in [6, 6.07) is 7.22. The first-order chi connectivity index (χ1) is 7.43. The first-order valence-electron chi connectivity index (χ1n) is 4.80. The van der Waals surface area contributed by atoms with Gasteiger partial charge < -0.3 is 5.73 Å². The summed E-state index contributed by atoms with van der Waals surface area (Å²) in [7, 11) is -3.48. The molecule has 0 spiro atoms. The zero-order valence-corrected chi connectivity index (χ0v) is 10.6. The Morgan fingerprint density at radius 3 is 2.75 bits per heavy atom. The summed E-state index contributed by atoms with van der Waals surface area (Å²) in [6.45, 7) is 2.00. The predicted molar refractivity (Wildman–Crippen MR) is 70.0 cm³/mol. The number of benzene rings is 1. The highest BCUT2D eigenvalue weighted by molar-refractivity contribution is 7.95. The van der Waals surface area contributed by atoms with Gasteiger partial charge in [0, 0.05) is 5.69 Å². The van der Waals surface area contributed by atoms with Crippen molar-refractivity contribution in [2.75, 3.05) is 10.5 Å². The Morgan fingerprint density at radius 2 is 2.19 bits per heavy atom. The summed E-state index contributed by atoms with van der Waals surface area (Å²) in [5.41, 5.74) is 6.80. The quantitative estimate of drug-likeness (QED) is 0.780. The molecule has 0 aliphatic rings. The molecule has 4 nitrogen and oxygen atoms in total. The highest BCUT2D eigenvalue weighted by Gasteiger charge is 2.11. The number of aryl methyl sites for hydroxylation is 1. The molecular weight excluding hydrogens is 244 g/mol. The van der Waals surface area contributed by atoms with Crippen LogP contribution < -0.4 is 10.5 Å². The largest absolute Gasteiger partial charge is 0.392 e. The number of rotatable bonds is 5. The summed E-state index contributed by atoms with van der Waals surface area (Å²) in [6.07, 6.45) is 0.852. The van der Waals surface area contributed by atoms with Gasteiger partial charge in [0.1, 0.15) is 5.75 Å². The molecule has 1 aromatic rings. The van der Waals surface area contributed by atoms with E-state index in [1.807, 2.05) is 13.0 Å². The molecule has 0 radical (unpaired) electrons. The van der Waals surface area contributed by atoms with Gasteiger partial charge in [0.2, 0.25) is 10.0 Å². The number of nitrogens with one attached hydrogen (secondary N) is 1. The normalized spacial score (nSPS) is 11.1. The van der Waals surface area contributed by atoms with Gasteiger partial charge in [0.25, 0.3) is 0 Å². The van der Waals surface area contributed by atoms with E-state index in [2.05, 4.69) is 16.9 Å². The van der Waals surface area contributed by atoms with Gasteiger partial charge >= 0.3 is 0 Å². The molecule has 6 heteroatoms. The number of anilines is 1. The second-order valence-corrected chi connectivity index (χ2v) is 5.63. The van der Waals surface area contributed by atoms with Crippen molar-refractivity contribution in [2.45, 2.75) is 13.3 Å². The SMILES string of the molecule is CCc1cccc(NS(=O)(=O)CC(N)=S)c1. The van der Waals surface area contributed by atoms with E-state index < -0.39 is 10.0 Å². The van der Waals surface area contributed by atoms with Crippen molar-refractivity contribution in [1.82, 2.24) is 0 Å². The average Bonchev–Trinajstić information content (AvgIpc) is 2.15. The smallest absolute Gasteiger partial charge is 0.239 e. The van der Waals surface area contributed by atoms with Crippen molar-refractivity contribution in [3.05, 3.63) is 29.8 Å². The van der Waals surface area contributed by atoms with Crippen LogP contribution in [0.15, 0.2) is 24.3 Å². The van der Waals surface area contributed by atoms with Crippen molar-refractivity contribution < 1.29 is 8.42 Å². The molecule has 0 atom stereocenters. The molecular formula is C10H14N2O2S2. The van der Waals surface area contributed by atoms with Crippen molar-refractivity contribution in [3.63, 3.8) is 0 Å². The fraction of sp³-hybridized carbons (Fsp3) is 0.300. The summed E-state index contributed by atoms with van der Waals surface area (Å²) in [5, 5.41) is 0. The highest BCUT2D eigenvalue weighted by Crippen LogP contribution is 2.12. The molecule has 16 heavy (non-hydrogen) atoms. The van der Waals surface area contributed by atoms with Gasteiger partial charge in [-0.3, -0.25) is 4.72 Å². The first kappa shape index (κ1) is 12.9. The van der Waals surface area contributed by atoms with Crippen LogP contribution in [0.3, 0.4) is 0 Å². The fourth-order valence-electron chi connectivity index (χ4n) is 1.26. The third-order valence-electron chi connectivity index (χ3n) is 1.94. The van der Waals surface area contributed by atoms with Crippen LogP contribution in [-0.4, -0.2) is 19.2 Å². The number of sulfonamides is 1. The van der Waals surface area contributed by atoms with Crippen LogP contribution in [-0.2, 0) is 16.4 Å². The molecule has 0 fully saturated rings. The highest BCUT2D eigenvalue weighted by atomic mass is 32.2. The molecule has 1 rings (SSSR count). The molecule has 88 valence electrons. The third kappa shape index (κ3) is 4.16. The minimum atomic E-state index is -3.48. The van der Waals surface area contributed by atoms with Crippen molar-refractivity contribution in [3.8, 4) is 0 Å². The van der Waals surface area contributed by atoms with E-state index in [1.54, 1.807) is 18.2 Å². The van der Waals surface area contributed by atoms with Gasteiger partial charge in [0.05, 0.1) is 4.99 Å². The van der Waals surface area contributed by atoms with Crippen molar-refractivity contribution >= 4 is 32.9 Å². The molecule has 0 amide bonds. The predicted octanol–water partition coefficient (Wildman–Crippen LogP) is 1.28. The zero-order valence-electron chi connectivity index (χ0n) is 8.93. The average molecular weight is 258 g/mol. The summed E-state index contributed by atoms with van der Waals surface area (Å²) >= 11 is 4.57. The van der Waals surface area contributed by atoms with Gasteiger partial charge in [0.15, 0.2) is 0 Å². The Morgan fingerprint density at radius 1 is 1.50 bits per heavy atom. The number of nitrogens with two attached hydrogens (primary N) is 1. The number of hydrogen-bond acceptors (Lipinski definition) is 3. The van der Waals surface area contributed by atoms with Gasteiger partial charge in [-0.25, -0.2) is 8.42 Å². The summed E-state index contributed by atoms with van der Waals surface area (Å²) < 4.78 is 25.5. The number of thiocarbonyl (C=S) groups is 1. The maximum atomic E-state index is 11.5. The first-order valence-corrected chi connectivity index (χ1v) is 6.87. The maximum Gasteiger partial charge on any atom is 0.239 e. The summed E-state index contributed by atoms with van der Waals surface area (Å²) in [5.74, 6) is -0.335. The summed E-state index contributed by atoms with van der Waals surface area (Å²) in [4.78, 5) is -0.0425. The van der Waals surface area contributed by atoms with Crippen LogP contribution in [0, 0.1) is 0 Å². The van der Waals surface area contributed by atoms with Crippen LogP contribution >= 0.6 is 12.2 Å². The van der Waals surface area contributed by atoms with Gasteiger partial charge in [-0.2, -0.15) is 0 Å². The topological polar surface area (TPSA) is 72.2 Å². The van der Waals surface area contributed by atoms with Gasteiger partial charge in [-0.15, -0.1) is 0 Å². The van der Waals surface area contributed by atoms with Crippen molar-refractivity contribution in [2.24, 2.45) is 5.73 Å². The minimum Gasteiger partial charge on any atom is -0.392 e. The molecule has 0 bridgehead atoms. The molecule has 0 aliphatic heterocycles. The van der Waals surface area contributed by atoms with E-state index in [4.69, 9.17) is 5.73 Å². The van der Waals surface area contributed by atoms with Crippen LogP contribution in [0.4, 0.5) is 5.69 Å². The lowest BCUT2D eigenvalue weighted by molar-refractivity contribution is 0.605. The minimum absolute atomic E-state index is 0.0425. The zero-order chi connectivity index (χ0) is 12.2. The molecule has 3 N–H and O–H groups in total. The lowest BCUT2D eigenvalue weighted by Gasteiger charge is -2.08. The maximum absolute atomic E-state index is 11.5. The van der Waals surface area contributed by atoms with Crippen LogP contribution in [0.25, 0.3) is 0 Å². The second-order valence-electron chi connectivity index (χ2n) is 3.38. The second kappa shape index (κ2) is 5.27. The van der Waals surface area contributed by atoms with E-state index in [1.165, 1.54) is 0 Å². The number of hydrogen-bond donors (Lipinski definition) is 2. The molecule has 0 aliphatic carbocycles. The Bertz CT molecular complexity index is 483.